The Kier molecular flexibility index (Phi) is 3.01. The maximum atomic E-state index is 12.9. The monoisotopic (exact) mass is 305 g/mol. The Bertz CT molecular complexity index is 1120. The molecule has 0 aliphatic carbocycles. The van der Waals surface area contributed by atoms with Crippen molar-refractivity contribution in [2.45, 2.75) is 33.7 Å². The molecule has 4 rings (SSSR count). The summed E-state index contributed by atoms with van der Waals surface area (Å²) in [7, 11) is 0. The predicted octanol–water partition coefficient (Wildman–Crippen LogP) is 3.83. The van der Waals surface area contributed by atoms with Gasteiger partial charge in [-0.15, -0.1) is 0 Å². The standard InChI is InChI=1S/C19H19N3O/c1-4-9-21-18(23)14-7-5-6-8-16(14)22-17-11-13(3)12(2)10-15(17)20-19(21)22/h5-8,10-11H,4,9H2,1-3H3. The van der Waals surface area contributed by atoms with E-state index in [9.17, 15) is 4.79 Å². The lowest BCUT2D eigenvalue weighted by Crippen LogP contribution is -2.23. The summed E-state index contributed by atoms with van der Waals surface area (Å²) in [5.74, 6) is 0.732. The van der Waals surface area contributed by atoms with Gasteiger partial charge in [0, 0.05) is 6.54 Å². The van der Waals surface area contributed by atoms with Gasteiger partial charge in [-0.2, -0.15) is 0 Å². The molecule has 116 valence electrons. The molecule has 0 aliphatic heterocycles. The smallest absolute Gasteiger partial charge is 0.262 e. The van der Waals surface area contributed by atoms with Crippen LogP contribution >= 0.6 is 0 Å². The maximum Gasteiger partial charge on any atom is 0.262 e. The fourth-order valence-corrected chi connectivity index (χ4v) is 3.25. The molecular formula is C19H19N3O. The number of hydrogen-bond donors (Lipinski definition) is 0. The van der Waals surface area contributed by atoms with Crippen LogP contribution in [-0.4, -0.2) is 14.0 Å². The Hall–Kier alpha value is -2.62. The molecule has 4 aromatic rings. The van der Waals surface area contributed by atoms with Crippen LogP contribution in [0.5, 0.6) is 0 Å². The molecule has 0 fully saturated rings. The topological polar surface area (TPSA) is 39.3 Å². The van der Waals surface area contributed by atoms with Crippen molar-refractivity contribution in [2.24, 2.45) is 0 Å². The van der Waals surface area contributed by atoms with E-state index in [1.807, 2.05) is 24.3 Å². The van der Waals surface area contributed by atoms with E-state index in [0.717, 1.165) is 34.1 Å². The summed E-state index contributed by atoms with van der Waals surface area (Å²) in [6.07, 6.45) is 0.898. The van der Waals surface area contributed by atoms with E-state index in [4.69, 9.17) is 4.98 Å². The van der Waals surface area contributed by atoms with Crippen LogP contribution in [-0.2, 0) is 6.54 Å². The molecule has 2 heterocycles. The average Bonchev–Trinajstić information content (AvgIpc) is 2.90. The third kappa shape index (κ3) is 1.91. The number of benzene rings is 2. The molecule has 0 aliphatic rings. The van der Waals surface area contributed by atoms with Gasteiger partial charge < -0.3 is 0 Å². The van der Waals surface area contributed by atoms with Gasteiger partial charge in [-0.25, -0.2) is 4.98 Å². The number of nitrogens with zero attached hydrogens (tertiary/aromatic N) is 3. The highest BCUT2D eigenvalue weighted by Gasteiger charge is 2.15. The van der Waals surface area contributed by atoms with E-state index in [-0.39, 0.29) is 5.56 Å². The minimum Gasteiger partial charge on any atom is -0.278 e. The minimum absolute atomic E-state index is 0.0405. The zero-order valence-electron chi connectivity index (χ0n) is 13.6. The summed E-state index contributed by atoms with van der Waals surface area (Å²) < 4.78 is 3.92. The van der Waals surface area contributed by atoms with Crippen LogP contribution in [0.25, 0.3) is 27.7 Å². The molecule has 2 aromatic carbocycles. The normalized spacial score (nSPS) is 11.8. The molecule has 0 unspecified atom stereocenters. The van der Waals surface area contributed by atoms with Crippen molar-refractivity contribution in [3.05, 3.63) is 57.9 Å². The van der Waals surface area contributed by atoms with Crippen LogP contribution in [0.4, 0.5) is 0 Å². The highest BCUT2D eigenvalue weighted by Crippen LogP contribution is 2.24. The highest BCUT2D eigenvalue weighted by molar-refractivity contribution is 5.89. The first-order valence-corrected chi connectivity index (χ1v) is 8.02. The summed E-state index contributed by atoms with van der Waals surface area (Å²) in [6.45, 7) is 6.96. The van der Waals surface area contributed by atoms with E-state index in [2.05, 4.69) is 37.3 Å². The first-order chi connectivity index (χ1) is 11.1. The maximum absolute atomic E-state index is 12.9. The van der Waals surface area contributed by atoms with Crippen LogP contribution < -0.4 is 5.56 Å². The van der Waals surface area contributed by atoms with Crippen LogP contribution in [0.15, 0.2) is 41.2 Å². The molecule has 0 amide bonds. The third-order valence-corrected chi connectivity index (χ3v) is 4.56. The molecule has 0 saturated carbocycles. The summed E-state index contributed by atoms with van der Waals surface area (Å²) >= 11 is 0. The molecule has 0 spiro atoms. The van der Waals surface area contributed by atoms with Crippen molar-refractivity contribution >= 4 is 27.7 Å². The molecule has 23 heavy (non-hydrogen) atoms. The van der Waals surface area contributed by atoms with Gasteiger partial charge in [-0.1, -0.05) is 19.1 Å². The SMILES string of the molecule is CCCn1c(=O)c2ccccc2n2c3cc(C)c(C)cc3nc12. The molecular weight excluding hydrogens is 286 g/mol. The lowest BCUT2D eigenvalue weighted by atomic mass is 10.1. The van der Waals surface area contributed by atoms with Gasteiger partial charge >= 0.3 is 0 Å². The Morgan fingerprint density at radius 1 is 1.04 bits per heavy atom. The second kappa shape index (κ2) is 4.95. The number of imidazole rings is 1. The summed E-state index contributed by atoms with van der Waals surface area (Å²) in [5, 5.41) is 0.742. The second-order valence-electron chi connectivity index (χ2n) is 6.15. The predicted molar refractivity (Wildman–Crippen MR) is 94.2 cm³/mol. The minimum atomic E-state index is 0.0405. The average molecular weight is 305 g/mol. The first kappa shape index (κ1) is 14.0. The number of aromatic nitrogens is 3. The molecule has 0 saturated heterocycles. The number of aryl methyl sites for hydroxylation is 3. The summed E-state index contributed by atoms with van der Waals surface area (Å²) in [6, 6.07) is 12.1. The fourth-order valence-electron chi connectivity index (χ4n) is 3.25. The molecule has 4 nitrogen and oxygen atoms in total. The number of para-hydroxylation sites is 1. The molecule has 4 heteroatoms. The van der Waals surface area contributed by atoms with Crippen molar-refractivity contribution in [2.75, 3.05) is 0 Å². The van der Waals surface area contributed by atoms with E-state index < -0.39 is 0 Å². The van der Waals surface area contributed by atoms with Crippen molar-refractivity contribution in [1.29, 1.82) is 0 Å². The molecule has 0 atom stereocenters. The van der Waals surface area contributed by atoms with Gasteiger partial charge in [0.05, 0.1) is 21.9 Å². The molecule has 0 N–H and O–H groups in total. The lowest BCUT2D eigenvalue weighted by molar-refractivity contribution is 0.665. The fraction of sp³-hybridized carbons (Fsp3) is 0.263. The van der Waals surface area contributed by atoms with Gasteiger partial charge in [-0.05, 0) is 55.7 Å². The van der Waals surface area contributed by atoms with Gasteiger partial charge in [0.25, 0.3) is 5.56 Å². The second-order valence-corrected chi connectivity index (χ2v) is 6.15. The molecule has 2 aromatic heterocycles. The Morgan fingerprint density at radius 2 is 1.78 bits per heavy atom. The van der Waals surface area contributed by atoms with E-state index >= 15 is 0 Å². The van der Waals surface area contributed by atoms with Crippen molar-refractivity contribution in [3.8, 4) is 0 Å². The number of fused-ring (bicyclic) bond motifs is 5. The van der Waals surface area contributed by atoms with Crippen molar-refractivity contribution < 1.29 is 0 Å². The van der Waals surface area contributed by atoms with Crippen LogP contribution in [0.3, 0.4) is 0 Å². The van der Waals surface area contributed by atoms with Gasteiger partial charge in [-0.3, -0.25) is 13.8 Å². The Labute approximate surface area is 134 Å². The first-order valence-electron chi connectivity index (χ1n) is 8.02. The largest absolute Gasteiger partial charge is 0.278 e. The van der Waals surface area contributed by atoms with Crippen LogP contribution in [0.1, 0.15) is 24.5 Å². The zero-order valence-corrected chi connectivity index (χ0v) is 13.6. The summed E-state index contributed by atoms with van der Waals surface area (Å²) in [5.41, 5.74) is 5.41. The number of hydrogen-bond acceptors (Lipinski definition) is 2. The van der Waals surface area contributed by atoms with Gasteiger partial charge in [0.1, 0.15) is 0 Å². The lowest BCUT2D eigenvalue weighted by Gasteiger charge is -2.10. The van der Waals surface area contributed by atoms with Crippen molar-refractivity contribution in [1.82, 2.24) is 14.0 Å². The third-order valence-electron chi connectivity index (χ3n) is 4.56. The van der Waals surface area contributed by atoms with E-state index in [0.29, 0.717) is 6.54 Å². The molecule has 0 bridgehead atoms. The number of rotatable bonds is 2. The Morgan fingerprint density at radius 3 is 2.57 bits per heavy atom. The Balaban J connectivity index is 2.33. The highest BCUT2D eigenvalue weighted by atomic mass is 16.1. The molecule has 0 radical (unpaired) electrons. The van der Waals surface area contributed by atoms with Gasteiger partial charge in [0.15, 0.2) is 0 Å². The van der Waals surface area contributed by atoms with Gasteiger partial charge in [0.2, 0.25) is 5.78 Å². The van der Waals surface area contributed by atoms with E-state index in [1.54, 1.807) is 4.57 Å². The zero-order chi connectivity index (χ0) is 16.1. The van der Waals surface area contributed by atoms with Crippen molar-refractivity contribution in [3.63, 3.8) is 0 Å². The van der Waals surface area contributed by atoms with Crippen LogP contribution in [0, 0.1) is 13.8 Å². The quantitative estimate of drug-likeness (QED) is 0.564. The van der Waals surface area contributed by atoms with Crippen LogP contribution in [0.2, 0.25) is 0 Å². The van der Waals surface area contributed by atoms with E-state index in [1.165, 1.54) is 11.1 Å². The summed E-state index contributed by atoms with van der Waals surface area (Å²) in [4.78, 5) is 17.6.